The molecule has 0 radical (unpaired) electrons. The molecule has 0 fully saturated rings. The first-order chi connectivity index (χ1) is 5.86. The molecule has 0 bridgehead atoms. The molecular weight excluding hydrogens is 537 g/mol. The van der Waals surface area contributed by atoms with Crippen molar-refractivity contribution in [3.63, 3.8) is 0 Å². The molecule has 0 atom stereocenters. The van der Waals surface area contributed by atoms with Crippen molar-refractivity contribution < 1.29 is 42.1 Å². The standard InChI is InChI=1S/C10H11ClN.2W/c11-9-4-5-10-8(7-9)3-1-2-6-12-10;;/h3-5,7,12H,1-2,6H2;;/q-1;;. The number of hydrogen-bond donors (Lipinski definition) is 1. The van der Waals surface area contributed by atoms with E-state index in [0.29, 0.717) is 0 Å². The zero-order valence-corrected chi connectivity index (χ0v) is 14.2. The van der Waals surface area contributed by atoms with E-state index in [1.807, 2.05) is 18.2 Å². The molecule has 76 valence electrons. The summed E-state index contributed by atoms with van der Waals surface area (Å²) in [5.74, 6) is 0. The summed E-state index contributed by atoms with van der Waals surface area (Å²) in [7, 11) is 0. The molecule has 0 amide bonds. The van der Waals surface area contributed by atoms with Crippen LogP contribution in [0.2, 0.25) is 5.02 Å². The summed E-state index contributed by atoms with van der Waals surface area (Å²) in [6, 6.07) is 5.97. The minimum absolute atomic E-state index is 0. The average Bonchev–Trinajstić information content (AvgIpc) is 2.28. The van der Waals surface area contributed by atoms with Gasteiger partial charge < -0.3 is 5.32 Å². The Hall–Kier alpha value is 0.557. The van der Waals surface area contributed by atoms with Crippen LogP contribution < -0.4 is 5.32 Å². The summed E-state index contributed by atoms with van der Waals surface area (Å²) in [6.45, 7) is 1.06. The number of benzene rings is 1. The van der Waals surface area contributed by atoms with Gasteiger partial charge in [0.2, 0.25) is 0 Å². The van der Waals surface area contributed by atoms with Crippen molar-refractivity contribution in [3.05, 3.63) is 35.2 Å². The zero-order chi connectivity index (χ0) is 8.39. The van der Waals surface area contributed by atoms with Crippen LogP contribution in [0.4, 0.5) is 5.69 Å². The van der Waals surface area contributed by atoms with Crippen LogP contribution in [0.5, 0.6) is 0 Å². The molecule has 0 saturated carbocycles. The smallest absolute Gasteiger partial charge is 0.00265 e. The molecule has 4 heteroatoms. The molecule has 0 aliphatic carbocycles. The van der Waals surface area contributed by atoms with Gasteiger partial charge in [0.25, 0.3) is 0 Å². The fourth-order valence-corrected chi connectivity index (χ4v) is 1.63. The first-order valence-corrected chi connectivity index (χ1v) is 4.61. The van der Waals surface area contributed by atoms with Gasteiger partial charge in [-0.05, 0) is 11.4 Å². The number of nitrogens with one attached hydrogen (secondary N) is 1. The number of anilines is 1. The maximum absolute atomic E-state index is 5.88. The van der Waals surface area contributed by atoms with E-state index < -0.39 is 0 Å². The van der Waals surface area contributed by atoms with E-state index in [1.54, 1.807) is 0 Å². The van der Waals surface area contributed by atoms with Crippen LogP contribution >= 0.6 is 11.6 Å². The van der Waals surface area contributed by atoms with Crippen molar-refractivity contribution in [2.24, 2.45) is 0 Å². The van der Waals surface area contributed by atoms with Crippen molar-refractivity contribution in [2.45, 2.75) is 12.8 Å². The molecule has 0 spiro atoms. The third-order valence-corrected chi connectivity index (χ3v) is 2.31. The van der Waals surface area contributed by atoms with E-state index in [2.05, 4.69) is 11.7 Å². The molecule has 1 aromatic rings. The van der Waals surface area contributed by atoms with Crippen LogP contribution in [0, 0.1) is 6.42 Å². The number of hydrogen-bond acceptors (Lipinski definition) is 1. The Morgan fingerprint density at radius 1 is 1.29 bits per heavy atom. The van der Waals surface area contributed by atoms with E-state index in [0.717, 1.165) is 18.0 Å². The van der Waals surface area contributed by atoms with Crippen LogP contribution in [-0.2, 0) is 42.1 Å². The van der Waals surface area contributed by atoms with Gasteiger partial charge in [-0.25, -0.2) is 0 Å². The molecule has 2 rings (SSSR count). The van der Waals surface area contributed by atoms with E-state index in [-0.39, 0.29) is 42.1 Å². The van der Waals surface area contributed by atoms with E-state index in [1.165, 1.54) is 17.7 Å². The predicted molar refractivity (Wildman–Crippen MR) is 52.6 cm³/mol. The zero-order valence-electron chi connectivity index (χ0n) is 7.63. The Morgan fingerprint density at radius 3 is 2.86 bits per heavy atom. The molecule has 1 aliphatic heterocycles. The van der Waals surface area contributed by atoms with E-state index >= 15 is 0 Å². The summed E-state index contributed by atoms with van der Waals surface area (Å²) in [4.78, 5) is 0. The summed E-state index contributed by atoms with van der Waals surface area (Å²) in [5, 5.41) is 4.18. The Bertz CT molecular complexity index is 291. The van der Waals surface area contributed by atoms with Crippen molar-refractivity contribution in [2.75, 3.05) is 11.9 Å². The first kappa shape index (κ1) is 14.6. The van der Waals surface area contributed by atoms with Crippen LogP contribution in [0.1, 0.15) is 18.4 Å². The average molecular weight is 548 g/mol. The fourth-order valence-electron chi connectivity index (χ4n) is 1.45. The monoisotopic (exact) mass is 548 g/mol. The summed E-state index contributed by atoms with van der Waals surface area (Å²) >= 11 is 5.88. The van der Waals surface area contributed by atoms with Crippen LogP contribution in [0.3, 0.4) is 0 Å². The normalized spacial score (nSPS) is 13.2. The molecule has 1 aliphatic rings. The van der Waals surface area contributed by atoms with Crippen molar-refractivity contribution >= 4 is 17.3 Å². The van der Waals surface area contributed by atoms with Gasteiger partial charge in [-0.3, -0.25) is 0 Å². The molecule has 1 nitrogen and oxygen atoms in total. The number of fused-ring (bicyclic) bond motifs is 1. The topological polar surface area (TPSA) is 12.0 Å². The van der Waals surface area contributed by atoms with Crippen LogP contribution in [0.15, 0.2) is 18.2 Å². The van der Waals surface area contributed by atoms with Crippen LogP contribution in [0.25, 0.3) is 0 Å². The Labute approximate surface area is 119 Å². The van der Waals surface area contributed by atoms with Gasteiger partial charge in [-0.2, -0.15) is 12.0 Å². The quantitative estimate of drug-likeness (QED) is 0.492. The first-order valence-electron chi connectivity index (χ1n) is 4.23. The van der Waals surface area contributed by atoms with Crippen LogP contribution in [-0.4, -0.2) is 6.54 Å². The molecular formula is C10H11ClNW2-. The Kier molecular flexibility index (Phi) is 7.21. The van der Waals surface area contributed by atoms with Gasteiger partial charge in [0.1, 0.15) is 0 Å². The van der Waals surface area contributed by atoms with Gasteiger partial charge in [0, 0.05) is 48.7 Å². The SMILES string of the molecule is Clc1ccc2c(c1)[CH-]CCCN2.[W].[W]. The molecule has 14 heavy (non-hydrogen) atoms. The van der Waals surface area contributed by atoms with Crippen molar-refractivity contribution in [3.8, 4) is 0 Å². The molecule has 0 aromatic heterocycles. The minimum atomic E-state index is 0. The second-order valence-corrected chi connectivity index (χ2v) is 3.44. The van der Waals surface area contributed by atoms with Gasteiger partial charge in [0.15, 0.2) is 0 Å². The van der Waals surface area contributed by atoms with Gasteiger partial charge in [-0.15, -0.1) is 6.07 Å². The number of rotatable bonds is 0. The van der Waals surface area contributed by atoms with Gasteiger partial charge in [-0.1, -0.05) is 35.8 Å². The van der Waals surface area contributed by atoms with Gasteiger partial charge >= 0.3 is 0 Å². The predicted octanol–water partition coefficient (Wildman–Crippen LogP) is 3.09. The third-order valence-electron chi connectivity index (χ3n) is 2.07. The van der Waals surface area contributed by atoms with E-state index in [9.17, 15) is 0 Å². The second kappa shape index (κ2) is 6.93. The van der Waals surface area contributed by atoms with Crippen molar-refractivity contribution in [1.82, 2.24) is 0 Å². The Balaban J connectivity index is 0.000000845. The molecule has 1 aromatic carbocycles. The molecule has 0 saturated heterocycles. The largest absolute Gasteiger partial charge is 0.436 e. The third kappa shape index (κ3) is 3.61. The van der Waals surface area contributed by atoms with Gasteiger partial charge in [0.05, 0.1) is 0 Å². The fraction of sp³-hybridized carbons (Fsp3) is 0.300. The maximum Gasteiger partial charge on any atom is 0.00265 e. The minimum Gasteiger partial charge on any atom is -0.436 e. The maximum atomic E-state index is 5.88. The number of halogens is 1. The summed E-state index contributed by atoms with van der Waals surface area (Å²) < 4.78 is 0. The Morgan fingerprint density at radius 2 is 2.07 bits per heavy atom. The van der Waals surface area contributed by atoms with E-state index in [4.69, 9.17) is 11.6 Å². The molecule has 1 heterocycles. The summed E-state index contributed by atoms with van der Waals surface area (Å²) in [5.41, 5.74) is 2.44. The van der Waals surface area contributed by atoms with Crippen molar-refractivity contribution in [1.29, 1.82) is 0 Å². The summed E-state index contributed by atoms with van der Waals surface area (Å²) in [6.07, 6.45) is 4.58. The molecule has 0 unspecified atom stereocenters. The molecule has 1 N–H and O–H groups in total. The second-order valence-electron chi connectivity index (χ2n) is 3.00.